The van der Waals surface area contributed by atoms with E-state index in [9.17, 15) is 14.2 Å². The van der Waals surface area contributed by atoms with Crippen molar-refractivity contribution in [2.45, 2.75) is 70.4 Å². The molecular formula is C45H46FN8O6P. The number of imidazole rings is 1. The Morgan fingerprint density at radius 1 is 0.934 bits per heavy atom. The van der Waals surface area contributed by atoms with Crippen LogP contribution in [0.5, 0.6) is 0 Å². The van der Waals surface area contributed by atoms with E-state index in [1.54, 1.807) is 80.7 Å². The molecule has 1 saturated heterocycles. The molecule has 1 atom stereocenters. The molecule has 1 amide bonds. The highest BCUT2D eigenvalue weighted by Crippen LogP contribution is 2.51. The molecule has 14 nitrogen and oxygen atoms in total. The lowest BCUT2D eigenvalue weighted by Crippen LogP contribution is -2.41. The van der Waals surface area contributed by atoms with Crippen molar-refractivity contribution in [1.82, 2.24) is 38.5 Å². The number of aromatic amines is 1. The van der Waals surface area contributed by atoms with Crippen molar-refractivity contribution in [3.05, 3.63) is 139 Å². The molecule has 4 aromatic heterocycles. The normalized spacial score (nSPS) is 17.9. The molecular weight excluding hydrogens is 799 g/mol. The summed E-state index contributed by atoms with van der Waals surface area (Å²) in [5, 5.41) is 10.8. The highest BCUT2D eigenvalue weighted by molar-refractivity contribution is 7.70. The van der Waals surface area contributed by atoms with Crippen LogP contribution in [-0.4, -0.2) is 77.5 Å². The zero-order valence-corrected chi connectivity index (χ0v) is 35.5. The van der Waals surface area contributed by atoms with E-state index in [2.05, 4.69) is 28.3 Å². The van der Waals surface area contributed by atoms with E-state index >= 15 is 9.18 Å². The Bertz CT molecular complexity index is 3040. The van der Waals surface area contributed by atoms with Gasteiger partial charge in [0.1, 0.15) is 30.0 Å². The van der Waals surface area contributed by atoms with Gasteiger partial charge in [-0.05, 0) is 137 Å². The number of hydrogen-bond donors (Lipinski definition) is 1. The minimum Gasteiger partial charge on any atom is -0.381 e. The number of fused-ring (bicyclic) bond motifs is 2. The van der Waals surface area contributed by atoms with Crippen LogP contribution in [0.2, 0.25) is 0 Å². The quantitative estimate of drug-likeness (QED) is 0.167. The van der Waals surface area contributed by atoms with Gasteiger partial charge in [0.15, 0.2) is 5.82 Å². The van der Waals surface area contributed by atoms with Crippen LogP contribution in [0.25, 0.3) is 28.1 Å². The number of nitrogens with zero attached hydrogens (tertiary/aromatic N) is 7. The summed E-state index contributed by atoms with van der Waals surface area (Å²) < 4.78 is 45.2. The van der Waals surface area contributed by atoms with E-state index in [-0.39, 0.29) is 17.4 Å². The van der Waals surface area contributed by atoms with Crippen molar-refractivity contribution in [3.63, 3.8) is 0 Å². The predicted octanol–water partition coefficient (Wildman–Crippen LogP) is 6.64. The van der Waals surface area contributed by atoms with Crippen molar-refractivity contribution in [1.29, 1.82) is 0 Å². The first kappa shape index (κ1) is 39.1. The van der Waals surface area contributed by atoms with Crippen LogP contribution in [0.1, 0.15) is 88.8 Å². The highest BCUT2D eigenvalue weighted by atomic mass is 31.2. The first-order valence-corrected chi connectivity index (χ1v) is 23.3. The average Bonchev–Trinajstić information content (AvgIpc) is 3.54. The summed E-state index contributed by atoms with van der Waals surface area (Å²) in [5.74, 6) is -0.0403. The third-order valence-corrected chi connectivity index (χ3v) is 14.4. The minimum absolute atomic E-state index is 0.222. The standard InChI is InChI=1S/C45H46FN8O6P/c1-26-22-33(23-27(2)39(26)46)54-40(52-19-18-51(44(52)57)32-7-9-34(10-8-32)61(4,5)58)38-28(3)50(17-12-35(38)48-54)41(55)37-25-31-24-30(29-13-20-59-21-14-29)6-11-36(31)53(37)45(15-16-45)42-47-43(56)60-49-42/h6-11,18-19,22-25,28-29H,12-17,20-21H2,1-5H3,(H,47,49,56)/t28-/m0/s1. The minimum atomic E-state index is -2.52. The van der Waals surface area contributed by atoms with Gasteiger partial charge in [0.2, 0.25) is 0 Å². The zero-order valence-electron chi connectivity index (χ0n) is 34.6. The first-order valence-electron chi connectivity index (χ1n) is 20.7. The van der Waals surface area contributed by atoms with Crippen LogP contribution in [-0.2, 0) is 21.3 Å². The molecule has 3 aromatic carbocycles. The molecule has 1 N–H and O–H groups in total. The number of ether oxygens (including phenoxy) is 1. The lowest BCUT2D eigenvalue weighted by molar-refractivity contribution is 0.0664. The lowest BCUT2D eigenvalue weighted by Gasteiger charge is -2.34. The van der Waals surface area contributed by atoms with Crippen molar-refractivity contribution in [2.75, 3.05) is 33.1 Å². The molecule has 7 aromatic rings. The van der Waals surface area contributed by atoms with Gasteiger partial charge in [-0.15, -0.1) is 0 Å². The fraction of sp³-hybridized carbons (Fsp3) is 0.356. The highest BCUT2D eigenvalue weighted by Gasteiger charge is 2.52. The van der Waals surface area contributed by atoms with Gasteiger partial charge in [-0.2, -0.15) is 5.10 Å². The number of aryl methyl sites for hydroxylation is 2. The summed E-state index contributed by atoms with van der Waals surface area (Å²) in [6, 6.07) is 18.3. The van der Waals surface area contributed by atoms with E-state index in [0.717, 1.165) is 29.4 Å². The average molecular weight is 845 g/mol. The third kappa shape index (κ3) is 6.39. The number of nitrogens with one attached hydrogen (secondary N) is 1. The van der Waals surface area contributed by atoms with Crippen LogP contribution in [0.4, 0.5) is 4.39 Å². The van der Waals surface area contributed by atoms with E-state index in [0.29, 0.717) is 95.6 Å². The number of rotatable bonds is 8. The molecule has 6 heterocycles. The van der Waals surface area contributed by atoms with Crippen molar-refractivity contribution in [3.8, 4) is 17.2 Å². The van der Waals surface area contributed by atoms with E-state index < -0.39 is 24.5 Å². The fourth-order valence-corrected chi connectivity index (χ4v) is 10.4. The Balaban J connectivity index is 1.11. The van der Waals surface area contributed by atoms with Gasteiger partial charge in [-0.1, -0.05) is 11.2 Å². The largest absolute Gasteiger partial charge is 0.438 e. The molecule has 0 radical (unpaired) electrons. The van der Waals surface area contributed by atoms with Gasteiger partial charge in [0, 0.05) is 60.3 Å². The molecule has 2 aliphatic heterocycles. The van der Waals surface area contributed by atoms with Crippen LogP contribution in [0.15, 0.2) is 87.2 Å². The molecule has 61 heavy (non-hydrogen) atoms. The van der Waals surface area contributed by atoms with E-state index in [1.807, 2.05) is 22.5 Å². The molecule has 16 heteroatoms. The predicted molar refractivity (Wildman–Crippen MR) is 228 cm³/mol. The molecule has 0 spiro atoms. The number of benzene rings is 3. The lowest BCUT2D eigenvalue weighted by atomic mass is 9.91. The number of amides is 1. The van der Waals surface area contributed by atoms with Crippen LogP contribution in [0.3, 0.4) is 0 Å². The summed E-state index contributed by atoms with van der Waals surface area (Å²) in [6.45, 7) is 10.5. The molecule has 3 aliphatic rings. The van der Waals surface area contributed by atoms with Gasteiger partial charge >= 0.3 is 11.4 Å². The zero-order chi connectivity index (χ0) is 42.5. The molecule has 1 aliphatic carbocycles. The maximum absolute atomic E-state index is 15.3. The Hall–Kier alpha value is -6.05. The first-order chi connectivity index (χ1) is 29.2. The van der Waals surface area contributed by atoms with Crippen LogP contribution in [0, 0.1) is 19.7 Å². The monoisotopic (exact) mass is 844 g/mol. The van der Waals surface area contributed by atoms with Crippen molar-refractivity contribution >= 4 is 29.3 Å². The fourth-order valence-electron chi connectivity index (χ4n) is 9.49. The number of carbonyl (C=O) groups excluding carboxylic acids is 1. The summed E-state index contributed by atoms with van der Waals surface area (Å²) in [4.78, 5) is 46.7. The topological polar surface area (TPSA) is 155 Å². The molecule has 0 unspecified atom stereocenters. The third-order valence-electron chi connectivity index (χ3n) is 12.9. The molecule has 10 rings (SSSR count). The van der Waals surface area contributed by atoms with Crippen LogP contribution >= 0.6 is 7.14 Å². The summed E-state index contributed by atoms with van der Waals surface area (Å²) >= 11 is 0. The summed E-state index contributed by atoms with van der Waals surface area (Å²) in [6.07, 6.45) is 6.87. The molecule has 0 bridgehead atoms. The van der Waals surface area contributed by atoms with Gasteiger partial charge < -0.3 is 18.8 Å². The number of carbonyl (C=O) groups is 1. The maximum Gasteiger partial charge on any atom is 0.438 e. The summed E-state index contributed by atoms with van der Waals surface area (Å²) in [7, 11) is -2.52. The number of hydrogen-bond acceptors (Lipinski definition) is 8. The van der Waals surface area contributed by atoms with Crippen molar-refractivity contribution in [2.24, 2.45) is 0 Å². The molecule has 1 saturated carbocycles. The number of halogens is 1. The second-order valence-corrected chi connectivity index (χ2v) is 20.4. The Kier molecular flexibility index (Phi) is 9.15. The number of H-pyrrole nitrogens is 1. The summed E-state index contributed by atoms with van der Waals surface area (Å²) in [5.41, 5.74) is 4.78. The van der Waals surface area contributed by atoms with Gasteiger partial charge in [-0.3, -0.25) is 23.4 Å². The second kappa shape index (κ2) is 14.3. The second-order valence-electron chi connectivity index (χ2n) is 17.1. The van der Waals surface area contributed by atoms with E-state index in [4.69, 9.17) is 14.4 Å². The van der Waals surface area contributed by atoms with Crippen molar-refractivity contribution < 1.29 is 23.0 Å². The van der Waals surface area contributed by atoms with Gasteiger partial charge in [-0.25, -0.2) is 18.7 Å². The maximum atomic E-state index is 15.3. The van der Waals surface area contributed by atoms with Crippen LogP contribution < -0.4 is 16.8 Å². The van der Waals surface area contributed by atoms with E-state index in [1.165, 1.54) is 14.7 Å². The molecule has 314 valence electrons. The SMILES string of the molecule is Cc1cc(-n2nc3c(c2-n2ccn(-c4ccc(P(C)(C)=O)cc4)c2=O)[C@H](C)N(C(=O)c2cc4cc(C5CCOCC5)ccc4n2C2(c4noc(=O)[nH]4)CC2)CC3)cc(C)c1F. The van der Waals surface area contributed by atoms with Gasteiger partial charge in [0.05, 0.1) is 23.1 Å². The van der Waals surface area contributed by atoms with Gasteiger partial charge in [0.25, 0.3) is 5.91 Å². The Morgan fingerprint density at radius 3 is 2.30 bits per heavy atom. The Morgan fingerprint density at radius 2 is 1.64 bits per heavy atom. The smallest absolute Gasteiger partial charge is 0.381 e. The molecule has 2 fully saturated rings. The number of aromatic nitrogens is 7. The Labute approximate surface area is 349 Å².